The first-order valence-corrected chi connectivity index (χ1v) is 12.0. The number of unbranched alkanes of at least 4 members (excludes halogenated alkanes) is 2. The summed E-state index contributed by atoms with van der Waals surface area (Å²) in [7, 11) is 0. The second-order valence-corrected chi connectivity index (χ2v) is 9.72. The van der Waals surface area contributed by atoms with E-state index in [2.05, 4.69) is 18.8 Å². The number of amides is 1. The van der Waals surface area contributed by atoms with Gasteiger partial charge in [0.2, 0.25) is 5.91 Å². The molecule has 0 radical (unpaired) electrons. The molecule has 1 aliphatic heterocycles. The van der Waals surface area contributed by atoms with Gasteiger partial charge in [0.25, 0.3) is 0 Å². The smallest absolute Gasteiger partial charge is 0.303 e. The average Bonchev–Trinajstić information content (AvgIpc) is 2.78. The normalized spacial score (nSPS) is 15.7. The molecule has 1 saturated heterocycles. The topological polar surface area (TPSA) is 120 Å². The summed E-state index contributed by atoms with van der Waals surface area (Å²) in [5, 5.41) is 20.1. The summed E-state index contributed by atoms with van der Waals surface area (Å²) in [5.74, 6) is -0.498. The molecule has 1 aliphatic rings. The molecule has 0 aromatic heterocycles. The number of carboxylic acid groups (broad SMARTS) is 1. The number of aliphatic carboxylic acids is 1. The molecule has 0 aliphatic carbocycles. The molecule has 1 aromatic rings. The number of benzene rings is 1. The van der Waals surface area contributed by atoms with Crippen molar-refractivity contribution in [2.45, 2.75) is 71.8 Å². The zero-order chi connectivity index (χ0) is 24.6. The van der Waals surface area contributed by atoms with Crippen LogP contribution in [0.3, 0.4) is 0 Å². The van der Waals surface area contributed by atoms with Crippen LogP contribution >= 0.6 is 0 Å². The Bertz CT molecular complexity index is 840. The number of carbonyl (C=O) groups excluding carboxylic acids is 1. The maximum Gasteiger partial charge on any atom is 0.303 e. The van der Waals surface area contributed by atoms with Gasteiger partial charge in [-0.05, 0) is 44.6 Å². The van der Waals surface area contributed by atoms with E-state index >= 15 is 0 Å². The van der Waals surface area contributed by atoms with Gasteiger partial charge in [-0.2, -0.15) is 0 Å². The fourth-order valence-corrected chi connectivity index (χ4v) is 4.50. The van der Waals surface area contributed by atoms with Crippen LogP contribution in [-0.4, -0.2) is 46.8 Å². The average molecular weight is 457 g/mol. The summed E-state index contributed by atoms with van der Waals surface area (Å²) in [6, 6.07) is 7.28. The van der Waals surface area contributed by atoms with Crippen molar-refractivity contribution in [3.8, 4) is 0 Å². The molecule has 7 nitrogen and oxygen atoms in total. The number of nitrogens with one attached hydrogen (secondary N) is 2. The second kappa shape index (κ2) is 11.9. The highest BCUT2D eigenvalue weighted by Gasteiger charge is 2.40. The van der Waals surface area contributed by atoms with Crippen molar-refractivity contribution in [2.24, 2.45) is 17.1 Å². The van der Waals surface area contributed by atoms with Gasteiger partial charge in [0, 0.05) is 36.8 Å². The third kappa shape index (κ3) is 7.34. The van der Waals surface area contributed by atoms with Gasteiger partial charge in [0.1, 0.15) is 5.84 Å². The fraction of sp³-hybridized carbons (Fsp3) is 0.577. The molecule has 5 N–H and O–H groups in total. The molecule has 2 rings (SSSR count). The third-order valence-corrected chi connectivity index (χ3v) is 6.78. The van der Waals surface area contributed by atoms with E-state index in [4.69, 9.17) is 16.2 Å². The Labute approximate surface area is 197 Å². The highest BCUT2D eigenvalue weighted by Crippen LogP contribution is 2.32. The van der Waals surface area contributed by atoms with Crippen LogP contribution < -0.4 is 11.1 Å². The van der Waals surface area contributed by atoms with Crippen LogP contribution in [0.25, 0.3) is 5.70 Å². The first-order valence-electron chi connectivity index (χ1n) is 12.0. The molecule has 0 bridgehead atoms. The maximum absolute atomic E-state index is 13.6. The van der Waals surface area contributed by atoms with Crippen molar-refractivity contribution in [3.63, 3.8) is 0 Å². The third-order valence-electron chi connectivity index (χ3n) is 6.78. The van der Waals surface area contributed by atoms with Crippen molar-refractivity contribution in [3.05, 3.63) is 42.0 Å². The molecule has 1 heterocycles. The van der Waals surface area contributed by atoms with Crippen LogP contribution in [-0.2, 0) is 9.59 Å². The number of hydrogen-bond donors (Lipinski definition) is 4. The minimum Gasteiger partial charge on any atom is -0.481 e. The minimum atomic E-state index is -0.768. The van der Waals surface area contributed by atoms with Crippen LogP contribution in [0.2, 0.25) is 0 Å². The number of nitrogen functional groups attached to an aromatic ring is 1. The predicted molar refractivity (Wildman–Crippen MR) is 133 cm³/mol. The highest BCUT2D eigenvalue weighted by molar-refractivity contribution is 5.95. The lowest BCUT2D eigenvalue weighted by Crippen LogP contribution is -2.53. The largest absolute Gasteiger partial charge is 0.481 e. The van der Waals surface area contributed by atoms with Crippen LogP contribution in [0.5, 0.6) is 0 Å². The summed E-state index contributed by atoms with van der Waals surface area (Å²) in [6.07, 6.45) is 5.71. The highest BCUT2D eigenvalue weighted by atomic mass is 16.4. The number of amidine groups is 1. The molecule has 1 unspecified atom stereocenters. The zero-order valence-electron chi connectivity index (χ0n) is 20.3. The van der Waals surface area contributed by atoms with Gasteiger partial charge < -0.3 is 21.1 Å². The molecule has 182 valence electrons. The molecule has 1 fully saturated rings. The summed E-state index contributed by atoms with van der Waals surface area (Å²) >= 11 is 0. The quantitative estimate of drug-likeness (QED) is 0.213. The summed E-state index contributed by atoms with van der Waals surface area (Å²) in [5.41, 5.74) is 7.22. The number of rotatable bonds is 12. The number of carboxylic acids is 1. The SMILES string of the molecule is C=C(NC(CCCCC)C(C)(C)C(=O)N1CCC(CC(=O)O)CC1)c1ccc(C(=N)N)cc1. The Hall–Kier alpha value is -2.83. The maximum atomic E-state index is 13.6. The number of piperidine rings is 1. The van der Waals surface area contributed by atoms with Gasteiger partial charge in [-0.1, -0.05) is 57.0 Å². The zero-order valence-corrected chi connectivity index (χ0v) is 20.3. The predicted octanol–water partition coefficient (Wildman–Crippen LogP) is 4.22. The lowest BCUT2D eigenvalue weighted by atomic mass is 9.79. The van der Waals surface area contributed by atoms with E-state index < -0.39 is 11.4 Å². The molecule has 1 amide bonds. The standard InChI is InChI=1S/C26H40N4O3/c1-5-6-7-8-22(29-18(2)20-9-11-21(12-10-20)24(27)28)26(3,4)25(33)30-15-13-19(14-16-30)17-23(31)32/h9-12,19,22,29H,2,5-8,13-17H2,1,3-4H3,(H3,27,28)(H,31,32). The second-order valence-electron chi connectivity index (χ2n) is 9.72. The number of nitrogens with two attached hydrogens (primary N) is 1. The lowest BCUT2D eigenvalue weighted by Gasteiger charge is -2.41. The molecular formula is C26H40N4O3. The number of likely N-dealkylation sites (tertiary alicyclic amines) is 1. The molecule has 0 saturated carbocycles. The van der Waals surface area contributed by atoms with Crippen molar-refractivity contribution in [2.75, 3.05) is 13.1 Å². The Balaban J connectivity index is 2.11. The van der Waals surface area contributed by atoms with Gasteiger partial charge in [0.05, 0.1) is 5.41 Å². The summed E-state index contributed by atoms with van der Waals surface area (Å²) in [6.45, 7) is 11.6. The first kappa shape index (κ1) is 26.4. The van der Waals surface area contributed by atoms with Crippen LogP contribution in [0.1, 0.15) is 76.8 Å². The van der Waals surface area contributed by atoms with Crippen molar-refractivity contribution in [1.82, 2.24) is 10.2 Å². The Morgan fingerprint density at radius 1 is 1.21 bits per heavy atom. The summed E-state index contributed by atoms with van der Waals surface area (Å²) in [4.78, 5) is 26.5. The van der Waals surface area contributed by atoms with E-state index in [0.29, 0.717) is 18.7 Å². The van der Waals surface area contributed by atoms with Crippen LogP contribution in [0.4, 0.5) is 0 Å². The van der Waals surface area contributed by atoms with Gasteiger partial charge in [-0.25, -0.2) is 0 Å². The Morgan fingerprint density at radius 3 is 2.30 bits per heavy atom. The van der Waals surface area contributed by atoms with Gasteiger partial charge >= 0.3 is 5.97 Å². The minimum absolute atomic E-state index is 0.0245. The Morgan fingerprint density at radius 2 is 1.79 bits per heavy atom. The number of nitrogens with zero attached hydrogens (tertiary/aromatic N) is 1. The fourth-order valence-electron chi connectivity index (χ4n) is 4.50. The molecule has 33 heavy (non-hydrogen) atoms. The van der Waals surface area contributed by atoms with E-state index in [1.165, 1.54) is 0 Å². The van der Waals surface area contributed by atoms with Crippen LogP contribution in [0, 0.1) is 16.7 Å². The number of carbonyl (C=O) groups is 2. The molecule has 0 spiro atoms. The van der Waals surface area contributed by atoms with Crippen LogP contribution in [0.15, 0.2) is 30.8 Å². The van der Waals surface area contributed by atoms with E-state index in [9.17, 15) is 9.59 Å². The Kier molecular flexibility index (Phi) is 9.50. The summed E-state index contributed by atoms with van der Waals surface area (Å²) < 4.78 is 0. The van der Waals surface area contributed by atoms with Gasteiger partial charge in [-0.3, -0.25) is 15.0 Å². The van der Waals surface area contributed by atoms with Gasteiger partial charge in [-0.15, -0.1) is 0 Å². The molecule has 1 aromatic carbocycles. The van der Waals surface area contributed by atoms with E-state index in [1.807, 2.05) is 30.9 Å². The monoisotopic (exact) mass is 456 g/mol. The molecular weight excluding hydrogens is 416 g/mol. The number of hydrogen-bond acceptors (Lipinski definition) is 4. The van der Waals surface area contributed by atoms with Gasteiger partial charge in [0.15, 0.2) is 0 Å². The molecule has 7 heteroatoms. The lowest BCUT2D eigenvalue weighted by molar-refractivity contribution is -0.144. The first-order chi connectivity index (χ1) is 15.6. The van der Waals surface area contributed by atoms with Crippen molar-refractivity contribution < 1.29 is 14.7 Å². The van der Waals surface area contributed by atoms with E-state index in [0.717, 1.165) is 49.8 Å². The van der Waals surface area contributed by atoms with E-state index in [-0.39, 0.29) is 30.1 Å². The van der Waals surface area contributed by atoms with Crippen molar-refractivity contribution in [1.29, 1.82) is 5.41 Å². The molecule has 1 atom stereocenters. The van der Waals surface area contributed by atoms with Crippen molar-refractivity contribution >= 4 is 23.4 Å². The van der Waals surface area contributed by atoms with E-state index in [1.54, 1.807) is 12.1 Å².